The van der Waals surface area contributed by atoms with Gasteiger partial charge in [0.2, 0.25) is 0 Å². The number of hydrogen-bond donors (Lipinski definition) is 1. The molecule has 0 spiro atoms. The van der Waals surface area contributed by atoms with Crippen LogP contribution in [-0.4, -0.2) is 43.1 Å². The van der Waals surface area contributed by atoms with Crippen molar-refractivity contribution < 1.29 is 0 Å². The molecule has 4 nitrogen and oxygen atoms in total. The van der Waals surface area contributed by atoms with Crippen molar-refractivity contribution in [3.05, 3.63) is 24.0 Å². The van der Waals surface area contributed by atoms with Gasteiger partial charge in [0.05, 0.1) is 17.6 Å². The Balaban J connectivity index is 2.04. The maximum absolute atomic E-state index is 6.00. The first kappa shape index (κ1) is 14.3. The zero-order valence-corrected chi connectivity index (χ0v) is 12.3. The number of anilines is 1. The molecule has 0 amide bonds. The van der Waals surface area contributed by atoms with Crippen LogP contribution >= 0.6 is 0 Å². The van der Waals surface area contributed by atoms with Crippen LogP contribution in [0.1, 0.15) is 37.9 Å². The quantitative estimate of drug-likeness (QED) is 0.902. The third kappa shape index (κ3) is 3.45. The molecule has 19 heavy (non-hydrogen) atoms. The summed E-state index contributed by atoms with van der Waals surface area (Å²) in [6.07, 6.45) is 5.42. The van der Waals surface area contributed by atoms with Crippen LogP contribution in [-0.2, 0) is 0 Å². The smallest absolute Gasteiger partial charge is 0.0572 e. The molecule has 0 radical (unpaired) electrons. The van der Waals surface area contributed by atoms with Gasteiger partial charge in [0.1, 0.15) is 0 Å². The van der Waals surface area contributed by atoms with E-state index in [4.69, 9.17) is 5.73 Å². The molecule has 0 bridgehead atoms. The Morgan fingerprint density at radius 1 is 1.53 bits per heavy atom. The van der Waals surface area contributed by atoms with E-state index in [1.54, 1.807) is 0 Å². The summed E-state index contributed by atoms with van der Waals surface area (Å²) in [4.78, 5) is 9.26. The molecule has 2 N–H and O–H groups in total. The molecule has 1 fully saturated rings. The van der Waals surface area contributed by atoms with Crippen LogP contribution < -0.4 is 10.6 Å². The molecule has 1 aliphatic heterocycles. The molecule has 4 heteroatoms. The second kappa shape index (κ2) is 6.35. The monoisotopic (exact) mass is 262 g/mol. The van der Waals surface area contributed by atoms with Gasteiger partial charge in [-0.3, -0.25) is 4.98 Å². The van der Waals surface area contributed by atoms with E-state index >= 15 is 0 Å². The highest BCUT2D eigenvalue weighted by atomic mass is 15.2. The van der Waals surface area contributed by atoms with Crippen molar-refractivity contribution in [2.45, 2.75) is 38.3 Å². The summed E-state index contributed by atoms with van der Waals surface area (Å²) in [6.45, 7) is 4.43. The molecule has 1 saturated heterocycles. The van der Waals surface area contributed by atoms with Crippen LogP contribution in [0.3, 0.4) is 0 Å². The molecule has 2 atom stereocenters. The number of aromatic nitrogens is 1. The Labute approximate surface area is 116 Å². The lowest BCUT2D eigenvalue weighted by molar-refractivity contribution is 0.248. The van der Waals surface area contributed by atoms with Crippen molar-refractivity contribution in [1.82, 2.24) is 9.88 Å². The molecule has 1 aliphatic rings. The molecule has 2 rings (SSSR count). The third-order valence-corrected chi connectivity index (χ3v) is 4.15. The average Bonchev–Trinajstić information content (AvgIpc) is 2.46. The van der Waals surface area contributed by atoms with Crippen molar-refractivity contribution in [1.29, 1.82) is 0 Å². The van der Waals surface area contributed by atoms with Gasteiger partial charge in [0.25, 0.3) is 0 Å². The van der Waals surface area contributed by atoms with E-state index in [-0.39, 0.29) is 6.04 Å². The third-order valence-electron chi connectivity index (χ3n) is 4.15. The van der Waals surface area contributed by atoms with Crippen LogP contribution in [0.25, 0.3) is 0 Å². The fourth-order valence-electron chi connectivity index (χ4n) is 2.70. The Morgan fingerprint density at radius 2 is 2.32 bits per heavy atom. The number of piperidine rings is 1. The van der Waals surface area contributed by atoms with E-state index in [1.165, 1.54) is 25.1 Å². The molecular formula is C15H26N4. The predicted molar refractivity (Wildman–Crippen MR) is 80.4 cm³/mol. The van der Waals surface area contributed by atoms with Crippen molar-refractivity contribution in [2.24, 2.45) is 5.73 Å². The largest absolute Gasteiger partial charge is 0.369 e. The van der Waals surface area contributed by atoms with Crippen molar-refractivity contribution in [2.75, 3.05) is 32.1 Å². The minimum absolute atomic E-state index is 0.0557. The summed E-state index contributed by atoms with van der Waals surface area (Å²) in [5.74, 6) is 0. The maximum atomic E-state index is 6.00. The highest BCUT2D eigenvalue weighted by molar-refractivity contribution is 5.45. The summed E-state index contributed by atoms with van der Waals surface area (Å²) < 4.78 is 0. The standard InChI is InChI=1S/C15H26N4/c1-4-14(16)15-8-7-12(10-17-15)19(3)13-6-5-9-18(2)11-13/h7-8,10,13-14H,4-6,9,11,16H2,1-3H3/t13?,14-/m0/s1. The predicted octanol–water partition coefficient (Wildman–Crippen LogP) is 2.02. The zero-order chi connectivity index (χ0) is 13.8. The van der Waals surface area contributed by atoms with Crippen LogP contribution in [0.15, 0.2) is 18.3 Å². The van der Waals surface area contributed by atoms with Gasteiger partial charge in [-0.05, 0) is 45.0 Å². The molecule has 0 aliphatic carbocycles. The summed E-state index contributed by atoms with van der Waals surface area (Å²) >= 11 is 0. The highest BCUT2D eigenvalue weighted by Gasteiger charge is 2.21. The van der Waals surface area contributed by atoms with Gasteiger partial charge in [-0.25, -0.2) is 0 Å². The summed E-state index contributed by atoms with van der Waals surface area (Å²) in [5, 5.41) is 0. The van der Waals surface area contributed by atoms with Gasteiger partial charge >= 0.3 is 0 Å². The van der Waals surface area contributed by atoms with E-state index in [0.717, 1.165) is 18.7 Å². The minimum Gasteiger partial charge on any atom is -0.369 e. The van der Waals surface area contributed by atoms with Crippen LogP contribution in [0.2, 0.25) is 0 Å². The first-order chi connectivity index (χ1) is 9.11. The fraction of sp³-hybridized carbons (Fsp3) is 0.667. The Bertz CT molecular complexity index is 390. The first-order valence-electron chi connectivity index (χ1n) is 7.24. The van der Waals surface area contributed by atoms with Gasteiger partial charge < -0.3 is 15.5 Å². The number of likely N-dealkylation sites (tertiary alicyclic amines) is 1. The SMILES string of the molecule is CC[C@H](N)c1ccc(N(C)C2CCCN(C)C2)cn1. The number of likely N-dealkylation sites (N-methyl/N-ethyl adjacent to an activating group) is 2. The molecule has 0 aromatic carbocycles. The van der Waals surface area contributed by atoms with Crippen LogP contribution in [0.5, 0.6) is 0 Å². The average molecular weight is 262 g/mol. The van der Waals surface area contributed by atoms with Crippen molar-refractivity contribution in [3.8, 4) is 0 Å². The number of nitrogens with two attached hydrogens (primary N) is 1. The number of nitrogens with zero attached hydrogens (tertiary/aromatic N) is 3. The maximum Gasteiger partial charge on any atom is 0.0572 e. The summed E-state index contributed by atoms with van der Waals surface area (Å²) in [6, 6.07) is 4.85. The Hall–Kier alpha value is -1.13. The van der Waals surface area contributed by atoms with Crippen molar-refractivity contribution >= 4 is 5.69 Å². The normalized spacial score (nSPS) is 22.2. The second-order valence-corrected chi connectivity index (χ2v) is 5.63. The molecule has 0 saturated carbocycles. The van der Waals surface area contributed by atoms with Crippen LogP contribution in [0, 0.1) is 0 Å². The fourth-order valence-corrected chi connectivity index (χ4v) is 2.70. The topological polar surface area (TPSA) is 45.4 Å². The van der Waals surface area contributed by atoms with E-state index in [0.29, 0.717) is 6.04 Å². The van der Waals surface area contributed by atoms with E-state index in [2.05, 4.69) is 47.9 Å². The van der Waals surface area contributed by atoms with Gasteiger partial charge in [0, 0.05) is 25.7 Å². The zero-order valence-electron chi connectivity index (χ0n) is 12.3. The summed E-state index contributed by atoms with van der Waals surface area (Å²) in [5.41, 5.74) is 8.17. The Morgan fingerprint density at radius 3 is 2.89 bits per heavy atom. The van der Waals surface area contributed by atoms with Crippen LogP contribution in [0.4, 0.5) is 5.69 Å². The second-order valence-electron chi connectivity index (χ2n) is 5.63. The minimum atomic E-state index is 0.0557. The lowest BCUT2D eigenvalue weighted by Gasteiger charge is -2.37. The molecule has 106 valence electrons. The van der Waals surface area contributed by atoms with E-state index in [9.17, 15) is 0 Å². The molecule has 1 aromatic rings. The highest BCUT2D eigenvalue weighted by Crippen LogP contribution is 2.21. The first-order valence-corrected chi connectivity index (χ1v) is 7.24. The van der Waals surface area contributed by atoms with Gasteiger partial charge in [-0.15, -0.1) is 0 Å². The van der Waals surface area contributed by atoms with Gasteiger partial charge in [-0.1, -0.05) is 6.92 Å². The van der Waals surface area contributed by atoms with E-state index < -0.39 is 0 Å². The number of hydrogen-bond acceptors (Lipinski definition) is 4. The number of pyridine rings is 1. The number of rotatable bonds is 4. The van der Waals surface area contributed by atoms with E-state index in [1.807, 2.05) is 6.20 Å². The van der Waals surface area contributed by atoms with Crippen molar-refractivity contribution in [3.63, 3.8) is 0 Å². The lowest BCUT2D eigenvalue weighted by Crippen LogP contribution is -2.45. The van der Waals surface area contributed by atoms with Gasteiger partial charge in [0.15, 0.2) is 0 Å². The molecular weight excluding hydrogens is 236 g/mol. The van der Waals surface area contributed by atoms with Gasteiger partial charge in [-0.2, -0.15) is 0 Å². The Kier molecular flexibility index (Phi) is 4.77. The molecule has 1 unspecified atom stereocenters. The molecule has 1 aromatic heterocycles. The molecule has 2 heterocycles. The summed E-state index contributed by atoms with van der Waals surface area (Å²) in [7, 11) is 4.36. The lowest BCUT2D eigenvalue weighted by atomic mass is 10.0.